The molecule has 1 N–H and O–H groups in total. The molecule has 3 nitrogen and oxygen atoms in total. The first kappa shape index (κ1) is 12.5. The van der Waals surface area contributed by atoms with E-state index < -0.39 is 0 Å². The molecule has 1 aromatic heterocycles. The van der Waals surface area contributed by atoms with Crippen LogP contribution in [0.1, 0.15) is 24.4 Å². The van der Waals surface area contributed by atoms with Gasteiger partial charge in [0.2, 0.25) is 5.91 Å². The summed E-state index contributed by atoms with van der Waals surface area (Å²) in [4.78, 5) is 17.0. The minimum atomic E-state index is 0.0699. The van der Waals surface area contributed by atoms with E-state index in [9.17, 15) is 4.79 Å². The maximum Gasteiger partial charge on any atom is 0.230 e. The Morgan fingerprint density at radius 3 is 2.67 bits per heavy atom. The molecule has 0 spiro atoms. The van der Waals surface area contributed by atoms with Crippen LogP contribution in [0.25, 0.3) is 0 Å². The lowest BCUT2D eigenvalue weighted by atomic mass is 10.4. The van der Waals surface area contributed by atoms with E-state index in [2.05, 4.69) is 10.3 Å². The van der Waals surface area contributed by atoms with Gasteiger partial charge in [0.15, 0.2) is 4.34 Å². The number of amides is 1. The number of thiazole rings is 1. The number of thioether (sulfide) groups is 1. The number of nitrogens with one attached hydrogen (secondary N) is 1. The summed E-state index contributed by atoms with van der Waals surface area (Å²) in [6.45, 7) is 7.95. The Labute approximate surface area is 98.7 Å². The van der Waals surface area contributed by atoms with Gasteiger partial charge in [0.05, 0.1) is 11.4 Å². The maximum atomic E-state index is 11.4. The van der Waals surface area contributed by atoms with E-state index in [1.54, 1.807) is 11.3 Å². The van der Waals surface area contributed by atoms with Gasteiger partial charge in [-0.25, -0.2) is 4.98 Å². The highest BCUT2D eigenvalue weighted by atomic mass is 32.2. The average Bonchev–Trinajstić information content (AvgIpc) is 2.42. The summed E-state index contributed by atoms with van der Waals surface area (Å²) in [5, 5.41) is 2.85. The zero-order valence-electron chi connectivity index (χ0n) is 9.46. The fraction of sp³-hybridized carbons (Fsp3) is 0.600. The summed E-state index contributed by atoms with van der Waals surface area (Å²) < 4.78 is 0.976. The minimum Gasteiger partial charge on any atom is -0.353 e. The highest BCUT2D eigenvalue weighted by Crippen LogP contribution is 2.25. The van der Waals surface area contributed by atoms with Crippen LogP contribution < -0.4 is 5.32 Å². The molecule has 15 heavy (non-hydrogen) atoms. The minimum absolute atomic E-state index is 0.0699. The SMILES string of the molecule is Cc1nc(SCC(=O)NC(C)C)sc1C. The van der Waals surface area contributed by atoms with E-state index in [4.69, 9.17) is 0 Å². The number of aryl methyl sites for hydroxylation is 2. The topological polar surface area (TPSA) is 42.0 Å². The lowest BCUT2D eigenvalue weighted by molar-refractivity contribution is -0.119. The quantitative estimate of drug-likeness (QED) is 0.827. The maximum absolute atomic E-state index is 11.4. The summed E-state index contributed by atoms with van der Waals surface area (Å²) in [5.74, 6) is 0.519. The fourth-order valence-electron chi connectivity index (χ4n) is 0.996. The molecule has 0 aliphatic heterocycles. The molecule has 0 aliphatic carbocycles. The molecule has 0 aliphatic rings. The Balaban J connectivity index is 2.40. The van der Waals surface area contributed by atoms with Crippen LogP contribution in [0.3, 0.4) is 0 Å². The molecule has 1 aromatic rings. The third-order valence-electron chi connectivity index (χ3n) is 1.79. The Morgan fingerprint density at radius 2 is 2.20 bits per heavy atom. The molecular formula is C10H16N2OS2. The van der Waals surface area contributed by atoms with Gasteiger partial charge in [0, 0.05) is 10.9 Å². The Bertz CT molecular complexity index is 328. The number of carbonyl (C=O) groups is 1. The van der Waals surface area contributed by atoms with E-state index in [1.807, 2.05) is 27.7 Å². The van der Waals surface area contributed by atoms with E-state index in [-0.39, 0.29) is 11.9 Å². The third kappa shape index (κ3) is 4.22. The Morgan fingerprint density at radius 1 is 1.53 bits per heavy atom. The largest absolute Gasteiger partial charge is 0.353 e. The van der Waals surface area contributed by atoms with Crippen LogP contribution >= 0.6 is 23.1 Å². The number of aromatic nitrogens is 1. The summed E-state index contributed by atoms with van der Waals surface area (Å²) in [6.07, 6.45) is 0. The second-order valence-corrected chi connectivity index (χ2v) is 6.06. The van der Waals surface area contributed by atoms with Gasteiger partial charge in [-0.3, -0.25) is 4.79 Å². The van der Waals surface area contributed by atoms with Crippen LogP contribution in [-0.2, 0) is 4.79 Å². The van der Waals surface area contributed by atoms with Crippen LogP contribution in [0.2, 0.25) is 0 Å². The second kappa shape index (κ2) is 5.51. The van der Waals surface area contributed by atoms with Gasteiger partial charge in [-0.2, -0.15) is 0 Å². The first-order chi connectivity index (χ1) is 6.99. The predicted molar refractivity (Wildman–Crippen MR) is 65.6 cm³/mol. The molecule has 1 rings (SSSR count). The van der Waals surface area contributed by atoms with Gasteiger partial charge in [0.25, 0.3) is 0 Å². The van der Waals surface area contributed by atoms with Gasteiger partial charge in [-0.1, -0.05) is 11.8 Å². The van der Waals surface area contributed by atoms with Gasteiger partial charge in [0.1, 0.15) is 0 Å². The number of carbonyl (C=O) groups excluding carboxylic acids is 1. The molecule has 0 unspecified atom stereocenters. The van der Waals surface area contributed by atoms with Crippen molar-refractivity contribution in [2.75, 3.05) is 5.75 Å². The molecule has 0 radical (unpaired) electrons. The third-order valence-corrected chi connectivity index (χ3v) is 4.00. The molecule has 1 amide bonds. The number of hydrogen-bond donors (Lipinski definition) is 1. The van der Waals surface area contributed by atoms with Crippen molar-refractivity contribution in [3.05, 3.63) is 10.6 Å². The first-order valence-electron chi connectivity index (χ1n) is 4.85. The standard InChI is InChI=1S/C10H16N2OS2/c1-6(2)11-9(13)5-14-10-12-7(3)8(4)15-10/h6H,5H2,1-4H3,(H,11,13). The molecule has 0 atom stereocenters. The van der Waals surface area contributed by atoms with E-state index >= 15 is 0 Å². The van der Waals surface area contributed by atoms with Crippen LogP contribution in [0, 0.1) is 13.8 Å². The fourth-order valence-corrected chi connectivity index (χ4v) is 2.96. The van der Waals surface area contributed by atoms with Crippen molar-refractivity contribution >= 4 is 29.0 Å². The summed E-state index contributed by atoms with van der Waals surface area (Å²) in [7, 11) is 0. The van der Waals surface area contributed by atoms with Gasteiger partial charge in [-0.05, 0) is 27.7 Å². The normalized spacial score (nSPS) is 10.7. The molecule has 5 heteroatoms. The van der Waals surface area contributed by atoms with Gasteiger partial charge >= 0.3 is 0 Å². The van der Waals surface area contributed by atoms with Crippen molar-refractivity contribution < 1.29 is 4.79 Å². The zero-order valence-corrected chi connectivity index (χ0v) is 11.1. The highest BCUT2D eigenvalue weighted by molar-refractivity contribution is 8.01. The molecular weight excluding hydrogens is 228 g/mol. The van der Waals surface area contributed by atoms with Crippen LogP contribution in [0.5, 0.6) is 0 Å². The Kier molecular flexibility index (Phi) is 4.60. The van der Waals surface area contributed by atoms with E-state index in [1.165, 1.54) is 16.6 Å². The smallest absolute Gasteiger partial charge is 0.230 e. The van der Waals surface area contributed by atoms with Crippen LogP contribution in [-0.4, -0.2) is 22.7 Å². The summed E-state index contributed by atoms with van der Waals surface area (Å²) in [5.41, 5.74) is 1.06. The average molecular weight is 244 g/mol. The molecule has 84 valence electrons. The second-order valence-electron chi connectivity index (χ2n) is 3.63. The monoisotopic (exact) mass is 244 g/mol. The zero-order chi connectivity index (χ0) is 11.4. The first-order valence-corrected chi connectivity index (χ1v) is 6.65. The number of rotatable bonds is 4. The van der Waals surface area contributed by atoms with Crippen molar-refractivity contribution in [2.45, 2.75) is 38.1 Å². The van der Waals surface area contributed by atoms with E-state index in [0.29, 0.717) is 5.75 Å². The summed E-state index contributed by atoms with van der Waals surface area (Å²) in [6, 6.07) is 0.206. The Hall–Kier alpha value is -0.550. The van der Waals surface area contributed by atoms with Crippen molar-refractivity contribution in [3.8, 4) is 0 Å². The molecule has 1 heterocycles. The van der Waals surface area contributed by atoms with Crippen LogP contribution in [0.15, 0.2) is 4.34 Å². The molecule has 0 saturated heterocycles. The molecule has 0 fully saturated rings. The number of nitrogens with zero attached hydrogens (tertiary/aromatic N) is 1. The lowest BCUT2D eigenvalue weighted by Gasteiger charge is -2.06. The van der Waals surface area contributed by atoms with Crippen molar-refractivity contribution in [2.24, 2.45) is 0 Å². The van der Waals surface area contributed by atoms with E-state index in [0.717, 1.165) is 10.0 Å². The molecule has 0 saturated carbocycles. The van der Waals surface area contributed by atoms with Gasteiger partial charge in [-0.15, -0.1) is 11.3 Å². The van der Waals surface area contributed by atoms with Crippen molar-refractivity contribution in [1.29, 1.82) is 0 Å². The highest BCUT2D eigenvalue weighted by Gasteiger charge is 2.08. The predicted octanol–water partition coefficient (Wildman–Crippen LogP) is 2.38. The number of hydrogen-bond acceptors (Lipinski definition) is 4. The van der Waals surface area contributed by atoms with Crippen LogP contribution in [0.4, 0.5) is 0 Å². The van der Waals surface area contributed by atoms with Crippen molar-refractivity contribution in [3.63, 3.8) is 0 Å². The molecule has 0 aromatic carbocycles. The summed E-state index contributed by atoms with van der Waals surface area (Å²) >= 11 is 3.15. The van der Waals surface area contributed by atoms with Crippen molar-refractivity contribution in [1.82, 2.24) is 10.3 Å². The van der Waals surface area contributed by atoms with Gasteiger partial charge < -0.3 is 5.32 Å². The lowest BCUT2D eigenvalue weighted by Crippen LogP contribution is -2.31. The molecule has 0 bridgehead atoms.